The van der Waals surface area contributed by atoms with Crippen LogP contribution in [0.5, 0.6) is 0 Å². The van der Waals surface area contributed by atoms with Gasteiger partial charge in [0.25, 0.3) is 0 Å². The van der Waals surface area contributed by atoms with Gasteiger partial charge in [-0.25, -0.2) is 0 Å². The summed E-state index contributed by atoms with van der Waals surface area (Å²) >= 11 is 0. The van der Waals surface area contributed by atoms with Crippen LogP contribution in [0, 0.1) is 0 Å². The normalized spacial score (nSPS) is 9.86. The van der Waals surface area contributed by atoms with Crippen molar-refractivity contribution in [3.8, 4) is 0 Å². The van der Waals surface area contributed by atoms with Crippen molar-refractivity contribution < 1.29 is 0 Å². The van der Waals surface area contributed by atoms with Crippen molar-refractivity contribution in [3.63, 3.8) is 0 Å². The summed E-state index contributed by atoms with van der Waals surface area (Å²) in [5, 5.41) is 0. The van der Waals surface area contributed by atoms with Crippen molar-refractivity contribution in [2.45, 2.75) is 0 Å². The molecule has 0 aliphatic heterocycles. The topological polar surface area (TPSA) is 0 Å². The largest absolute Gasteiger partial charge is 0.0552 e. The van der Waals surface area contributed by atoms with Crippen molar-refractivity contribution in [1.29, 1.82) is 0 Å². The maximum atomic E-state index is 2.88. The molecular weight excluding hydrogens is 1280 g/mol. The first-order chi connectivity index (χ1) is 53.6. The van der Waals surface area contributed by atoms with Crippen LogP contribution >= 0.6 is 0 Å². The smallest absolute Gasteiger partial charge is 0.000000126 e. The lowest BCUT2D eigenvalue weighted by atomic mass is 8.17. The van der Waals surface area contributed by atoms with E-state index >= 15 is 0 Å². The van der Waals surface area contributed by atoms with Gasteiger partial charge in [0, 0.05) is 370 Å². The van der Waals surface area contributed by atoms with Crippen LogP contribution in [0.4, 0.5) is 0 Å². The van der Waals surface area contributed by atoms with Crippen LogP contribution in [0.2, 0.25) is 0 Å². The van der Waals surface area contributed by atoms with Crippen LogP contribution in [0.1, 0.15) is 0 Å². The molecule has 0 aromatic rings. The molecule has 0 saturated carbocycles. The zero-order valence-corrected chi connectivity index (χ0v) is 93.5. The molecule has 0 atom stereocenters. The first-order valence-electron chi connectivity index (χ1n) is 53.6. The summed E-state index contributed by atoms with van der Waals surface area (Å²) in [6.45, 7) is 0. The molecule has 0 amide bonds. The Morgan fingerprint density at radius 2 is 0.0678 bits per heavy atom. The third kappa shape index (κ3) is 33.5. The molecule has 474 valence electrons. The average Bonchev–Trinajstić information content (AvgIpc) is 0.701. The van der Waals surface area contributed by atoms with E-state index in [0.29, 0.717) is 370 Å². The molecule has 0 saturated heterocycles. The first kappa shape index (κ1) is 126. The Labute approximate surface area is 825 Å². The van der Waals surface area contributed by atoms with Crippen molar-refractivity contribution in [1.82, 2.24) is 0 Å². The molecule has 0 heterocycles. The van der Waals surface area contributed by atoms with Gasteiger partial charge in [-0.3, -0.25) is 0 Å². The van der Waals surface area contributed by atoms with E-state index in [0.717, 1.165) is 0 Å². The molecule has 0 unspecified atom stereocenters. The predicted octanol–water partition coefficient (Wildman–Crippen LogP) is -77.1. The van der Waals surface area contributed by atoms with E-state index in [-0.39, 0.29) is 0 Å². The first-order valence-corrected chi connectivity index (χ1v) is 53.6. The lowest BCUT2D eigenvalue weighted by molar-refractivity contribution is 3.11. The van der Waals surface area contributed by atoms with Crippen LogP contribution in [-0.4, -0.2) is 835 Å². The lowest BCUT2D eigenvalue weighted by Gasteiger charge is -2.64. The molecule has 0 radical (unpaired) electrons. The second kappa shape index (κ2) is 57.8. The standard InChI is InChI=1S/B118H120/c1-61(2)91(62(3)4)106(92(63(5)6)64(7)8)113(105(89(57)58)90(59)60)117(114(107(93(65(9)10)66(11)12)94(67(13)14)68(15)16)108(95(69(17)18)70(19)20)96(71(21)22)72(23)24)118(115(109(97(73(25)26)74(27)28)98(75(29)30)76(31)32)110(99(77(33)34)78(35)36)100(79(37)38)80(39)40)116(111(101(81(41)42)82(43)44)102(83(45)46)84(47)48)112(103(85(49)50)86(51)52)104(87(53)54)88(55)56/h1-60H2. The SMILES string of the molecule is BB(B)B(B(B)B)B(B(B(B)B)B(B)B)B(B(B(B)B)B(B)B)B(B(B(B(B(B)B)B(B)B)B(B(B)B)B(B)B)B(B(B(B)B)B(B)B)B(B(B)B)B(B)B)B(B(B(B(B(B)B)B(B)B)B(B(B)B)B(B)B)B(B(B(B)B)B(B)B)B(B(B)B)B(B)B)B(B(B(B(B)B)B(B)B)B(B(B)B)B(B)B)B(B(B(B)B)B(B)B)B(B(B)B)B(B)B. The van der Waals surface area contributed by atoms with Gasteiger partial charge in [0.15, 0.2) is 0 Å². The minimum Gasteiger partial charge on any atom is 0.000000126 e. The second-order valence-corrected chi connectivity index (χ2v) is 53.5. The molecule has 0 spiro atoms. The maximum absolute atomic E-state index is 2.88. The van der Waals surface area contributed by atoms with Gasteiger partial charge in [0.1, 0.15) is 0 Å². The summed E-state index contributed by atoms with van der Waals surface area (Å²) < 4.78 is 0. The van der Waals surface area contributed by atoms with Crippen molar-refractivity contribution >= 4 is 835 Å². The Morgan fingerprint density at radius 3 is 0.102 bits per heavy atom. The molecular formula is H120B118. The summed E-state index contributed by atoms with van der Waals surface area (Å²) in [6.07, 6.45) is 27.7. The predicted molar refractivity (Wildman–Crippen MR) is 846 cm³/mol. The van der Waals surface area contributed by atoms with E-state index in [2.05, 4.69) is 464 Å². The molecule has 118 heavy (non-hydrogen) atoms. The summed E-state index contributed by atoms with van der Waals surface area (Å²) in [5.41, 5.74) is 0. The summed E-state index contributed by atoms with van der Waals surface area (Å²) in [6, 6.07) is 0. The van der Waals surface area contributed by atoms with E-state index in [9.17, 15) is 0 Å². The molecule has 0 aliphatic carbocycles. The van der Waals surface area contributed by atoms with Crippen LogP contribution in [-0.2, 0) is 0 Å². The van der Waals surface area contributed by atoms with Gasteiger partial charge in [0.05, 0.1) is 464 Å². The molecule has 0 aliphatic rings. The van der Waals surface area contributed by atoms with E-state index in [1.54, 1.807) is 0 Å². The third-order valence-corrected chi connectivity index (χ3v) is 35.1. The average molecular weight is 1400 g/mol. The molecule has 0 N–H and O–H groups in total. The molecule has 0 rings (SSSR count). The fraction of sp³-hybridized carbons (Fsp3) is 0. The lowest BCUT2D eigenvalue weighted by Crippen LogP contribution is -3.02. The highest BCUT2D eigenvalue weighted by molar-refractivity contribution is 8.46. The van der Waals surface area contributed by atoms with Gasteiger partial charge >= 0.3 is 0 Å². The third-order valence-electron chi connectivity index (χ3n) is 35.1. The Bertz CT molecular complexity index is 2050. The highest BCUT2D eigenvalue weighted by Crippen LogP contribution is 2.32. The molecule has 0 bridgehead atoms. The summed E-state index contributed by atoms with van der Waals surface area (Å²) in [7, 11) is 170. The zero-order valence-electron chi connectivity index (χ0n) is 93.5. The minimum atomic E-state index is 0.340. The molecule has 0 aromatic carbocycles. The number of hydrogen-bond donors (Lipinski definition) is 0. The summed E-state index contributed by atoms with van der Waals surface area (Å²) in [5.74, 6) is 0. The monoisotopic (exact) mass is 1420 g/mol. The highest BCUT2D eigenvalue weighted by Gasteiger charge is 2.71. The number of rotatable bonds is 57. The molecule has 0 nitrogen and oxygen atoms in total. The molecule has 118 heteroatoms. The van der Waals surface area contributed by atoms with Gasteiger partial charge in [-0.05, 0) is 0 Å². The van der Waals surface area contributed by atoms with Gasteiger partial charge in [-0.1, -0.05) is 0 Å². The van der Waals surface area contributed by atoms with Gasteiger partial charge in [-0.15, -0.1) is 0 Å². The maximum Gasteiger partial charge on any atom is 0.0552 e. The van der Waals surface area contributed by atoms with Crippen LogP contribution in [0.3, 0.4) is 0 Å². The van der Waals surface area contributed by atoms with E-state index in [1.165, 1.54) is 0 Å². The van der Waals surface area contributed by atoms with Gasteiger partial charge < -0.3 is 0 Å². The van der Waals surface area contributed by atoms with Crippen molar-refractivity contribution in [3.05, 3.63) is 0 Å². The molecule has 0 fully saturated rings. The Balaban J connectivity index is 16.4. The Morgan fingerprint density at radius 1 is 0.0424 bits per heavy atom. The fourth-order valence-electron chi connectivity index (χ4n) is 34.9. The molecule has 0 aromatic heterocycles. The van der Waals surface area contributed by atoms with E-state index in [4.69, 9.17) is 0 Å². The second-order valence-electron chi connectivity index (χ2n) is 53.5. The Hall–Kier alpha value is 7.66. The highest BCUT2D eigenvalue weighted by atomic mass is 13.5. The van der Waals surface area contributed by atoms with Crippen LogP contribution < -0.4 is 0 Å². The Kier molecular flexibility index (Phi) is 61.5. The number of hydrogen-bond acceptors (Lipinski definition) is 0. The van der Waals surface area contributed by atoms with Crippen LogP contribution in [0.25, 0.3) is 0 Å². The summed E-state index contributed by atoms with van der Waals surface area (Å²) in [4.78, 5) is 0. The zero-order chi connectivity index (χ0) is 93.5. The van der Waals surface area contributed by atoms with E-state index < -0.39 is 0 Å². The minimum absolute atomic E-state index is 0.340. The van der Waals surface area contributed by atoms with Crippen molar-refractivity contribution in [2.24, 2.45) is 0 Å². The van der Waals surface area contributed by atoms with E-state index in [1.807, 2.05) is 0 Å². The van der Waals surface area contributed by atoms with Crippen molar-refractivity contribution in [2.75, 3.05) is 0 Å². The van der Waals surface area contributed by atoms with Crippen LogP contribution in [0.15, 0.2) is 0 Å². The quantitative estimate of drug-likeness (QED) is 0.0533. The van der Waals surface area contributed by atoms with Gasteiger partial charge in [-0.2, -0.15) is 0 Å². The van der Waals surface area contributed by atoms with Gasteiger partial charge in [0.2, 0.25) is 0 Å². The fourth-order valence-corrected chi connectivity index (χ4v) is 34.9.